The summed E-state index contributed by atoms with van der Waals surface area (Å²) in [7, 11) is 2.20. The molecule has 1 saturated heterocycles. The second-order valence-corrected chi connectivity index (χ2v) is 9.96. The van der Waals surface area contributed by atoms with Gasteiger partial charge >= 0.3 is 0 Å². The minimum absolute atomic E-state index is 0.217. The second-order valence-electron chi connectivity index (χ2n) is 9.96. The van der Waals surface area contributed by atoms with Gasteiger partial charge in [0.25, 0.3) is 0 Å². The summed E-state index contributed by atoms with van der Waals surface area (Å²) in [4.78, 5) is 19.2. The Kier molecular flexibility index (Phi) is 6.34. The minimum atomic E-state index is 0.217. The standard InChI is InChI=1S/C28H36N2O/c1-18(2)22-7-8-23(24(16-22)19(3)4)28(31)15-20-6-9-27-25(14-20)26(17-29-27)21-10-12-30(5)13-11-21/h6-9,14,16-19,21,29H,10-13,15H2,1-5H3. The highest BCUT2D eigenvalue weighted by Gasteiger charge is 2.22. The molecular formula is C28H36N2O. The lowest BCUT2D eigenvalue weighted by molar-refractivity contribution is 0.0991. The highest BCUT2D eigenvalue weighted by atomic mass is 16.1. The zero-order valence-corrected chi connectivity index (χ0v) is 19.7. The van der Waals surface area contributed by atoms with Crippen LogP contribution in [0.1, 0.15) is 90.9 Å². The largest absolute Gasteiger partial charge is 0.361 e. The maximum Gasteiger partial charge on any atom is 0.167 e. The van der Waals surface area contributed by atoms with Gasteiger partial charge in [-0.25, -0.2) is 0 Å². The quantitative estimate of drug-likeness (QED) is 0.457. The smallest absolute Gasteiger partial charge is 0.167 e. The lowest BCUT2D eigenvalue weighted by Gasteiger charge is -2.28. The molecule has 1 N–H and O–H groups in total. The van der Waals surface area contributed by atoms with Gasteiger partial charge in [-0.15, -0.1) is 0 Å². The number of aromatic nitrogens is 1. The number of carbonyl (C=O) groups excluding carboxylic acids is 1. The molecule has 0 radical (unpaired) electrons. The number of piperidine rings is 1. The van der Waals surface area contributed by atoms with Crippen LogP contribution in [0, 0.1) is 0 Å². The molecule has 164 valence electrons. The first-order chi connectivity index (χ1) is 14.8. The molecule has 0 atom stereocenters. The van der Waals surface area contributed by atoms with E-state index in [0.717, 1.165) is 24.2 Å². The second kappa shape index (κ2) is 9.00. The van der Waals surface area contributed by atoms with Crippen LogP contribution in [0.15, 0.2) is 42.6 Å². The highest BCUT2D eigenvalue weighted by Crippen LogP contribution is 2.33. The van der Waals surface area contributed by atoms with E-state index in [-0.39, 0.29) is 5.78 Å². The highest BCUT2D eigenvalue weighted by molar-refractivity contribution is 5.99. The van der Waals surface area contributed by atoms with Crippen LogP contribution >= 0.6 is 0 Å². The van der Waals surface area contributed by atoms with Crippen LogP contribution in [0.25, 0.3) is 10.9 Å². The zero-order valence-electron chi connectivity index (χ0n) is 19.7. The molecule has 3 aromatic rings. The third-order valence-corrected chi connectivity index (χ3v) is 6.97. The molecule has 1 aliphatic rings. The van der Waals surface area contributed by atoms with Crippen molar-refractivity contribution in [3.63, 3.8) is 0 Å². The summed E-state index contributed by atoms with van der Waals surface area (Å²) in [5.41, 5.74) is 7.05. The van der Waals surface area contributed by atoms with E-state index in [1.165, 1.54) is 40.4 Å². The minimum Gasteiger partial charge on any atom is -0.361 e. The Labute approximate surface area is 186 Å². The molecule has 0 amide bonds. The van der Waals surface area contributed by atoms with Crippen LogP contribution < -0.4 is 0 Å². The summed E-state index contributed by atoms with van der Waals surface area (Å²) in [6.45, 7) is 11.1. The SMILES string of the molecule is CC(C)c1ccc(C(=O)Cc2ccc3[nH]cc(C4CCN(C)CC4)c3c2)c(C(C)C)c1. The number of likely N-dealkylation sites (tertiary alicyclic amines) is 1. The van der Waals surface area contributed by atoms with Gasteiger partial charge in [0.15, 0.2) is 5.78 Å². The van der Waals surface area contributed by atoms with Crippen molar-refractivity contribution in [2.45, 2.75) is 64.7 Å². The molecule has 2 aromatic carbocycles. The van der Waals surface area contributed by atoms with Gasteiger partial charge in [0.1, 0.15) is 0 Å². The monoisotopic (exact) mass is 416 g/mol. The molecular weight excluding hydrogens is 380 g/mol. The van der Waals surface area contributed by atoms with Gasteiger partial charge < -0.3 is 9.88 Å². The zero-order chi connectivity index (χ0) is 22.1. The van der Waals surface area contributed by atoms with Gasteiger partial charge in [-0.05, 0) is 85.1 Å². The van der Waals surface area contributed by atoms with Crippen molar-refractivity contribution in [1.29, 1.82) is 0 Å². The summed E-state index contributed by atoms with van der Waals surface area (Å²) < 4.78 is 0. The summed E-state index contributed by atoms with van der Waals surface area (Å²) >= 11 is 0. The number of aromatic amines is 1. The van der Waals surface area contributed by atoms with Gasteiger partial charge in [0, 0.05) is 29.1 Å². The molecule has 4 rings (SSSR count). The molecule has 3 nitrogen and oxygen atoms in total. The summed E-state index contributed by atoms with van der Waals surface area (Å²) in [5.74, 6) is 1.62. The molecule has 1 fully saturated rings. The average Bonchev–Trinajstić information content (AvgIpc) is 3.17. The normalized spacial score (nSPS) is 16.0. The van der Waals surface area contributed by atoms with E-state index >= 15 is 0 Å². The van der Waals surface area contributed by atoms with Crippen molar-refractivity contribution in [2.24, 2.45) is 0 Å². The Balaban J connectivity index is 1.60. The molecule has 3 heteroatoms. The van der Waals surface area contributed by atoms with E-state index in [9.17, 15) is 4.79 Å². The van der Waals surface area contributed by atoms with Crippen LogP contribution in [0.3, 0.4) is 0 Å². The Hall–Kier alpha value is -2.39. The first kappa shape index (κ1) is 21.8. The number of Topliss-reactive ketones (excluding diaryl/α,β-unsaturated/α-hetero) is 1. The first-order valence-corrected chi connectivity index (χ1v) is 11.8. The average molecular weight is 417 g/mol. The number of nitrogens with one attached hydrogen (secondary N) is 1. The summed E-state index contributed by atoms with van der Waals surface area (Å²) in [6, 6.07) is 12.9. The third kappa shape index (κ3) is 4.62. The van der Waals surface area contributed by atoms with E-state index in [1.54, 1.807) is 0 Å². The van der Waals surface area contributed by atoms with Gasteiger partial charge in [-0.3, -0.25) is 4.79 Å². The Morgan fingerprint density at radius 2 is 1.77 bits per heavy atom. The van der Waals surface area contributed by atoms with Gasteiger partial charge in [-0.2, -0.15) is 0 Å². The summed E-state index contributed by atoms with van der Waals surface area (Å²) in [6.07, 6.45) is 5.04. The van der Waals surface area contributed by atoms with Crippen molar-refractivity contribution < 1.29 is 4.79 Å². The Morgan fingerprint density at radius 3 is 2.45 bits per heavy atom. The molecule has 1 aliphatic heterocycles. The van der Waals surface area contributed by atoms with Gasteiger partial charge in [0.2, 0.25) is 0 Å². The Morgan fingerprint density at radius 1 is 1.03 bits per heavy atom. The number of benzene rings is 2. The van der Waals surface area contributed by atoms with E-state index in [2.05, 4.69) is 81.2 Å². The van der Waals surface area contributed by atoms with Gasteiger partial charge in [-0.1, -0.05) is 52.0 Å². The molecule has 0 saturated carbocycles. The van der Waals surface area contributed by atoms with E-state index in [1.807, 2.05) is 6.07 Å². The number of nitrogens with zero attached hydrogens (tertiary/aromatic N) is 1. The molecule has 2 heterocycles. The maximum absolute atomic E-state index is 13.3. The van der Waals surface area contributed by atoms with E-state index < -0.39 is 0 Å². The molecule has 0 unspecified atom stereocenters. The number of hydrogen-bond donors (Lipinski definition) is 1. The number of rotatable bonds is 6. The molecule has 31 heavy (non-hydrogen) atoms. The van der Waals surface area contributed by atoms with Crippen LogP contribution in [0.5, 0.6) is 0 Å². The van der Waals surface area contributed by atoms with Crippen LogP contribution in [-0.2, 0) is 6.42 Å². The number of fused-ring (bicyclic) bond motifs is 1. The number of ketones is 1. The lowest BCUT2D eigenvalue weighted by Crippen LogP contribution is -2.29. The van der Waals surface area contributed by atoms with Crippen LogP contribution in [0.2, 0.25) is 0 Å². The van der Waals surface area contributed by atoms with Crippen LogP contribution in [-0.4, -0.2) is 35.8 Å². The summed E-state index contributed by atoms with van der Waals surface area (Å²) in [5, 5.41) is 1.29. The molecule has 0 spiro atoms. The lowest BCUT2D eigenvalue weighted by atomic mass is 9.87. The topological polar surface area (TPSA) is 36.1 Å². The predicted octanol–water partition coefficient (Wildman–Crippen LogP) is 6.65. The van der Waals surface area contributed by atoms with E-state index in [4.69, 9.17) is 0 Å². The number of H-pyrrole nitrogens is 1. The van der Waals surface area contributed by atoms with Crippen molar-refractivity contribution in [3.05, 3.63) is 70.4 Å². The molecule has 1 aromatic heterocycles. The fraction of sp³-hybridized carbons (Fsp3) is 0.464. The van der Waals surface area contributed by atoms with Crippen LogP contribution in [0.4, 0.5) is 0 Å². The fourth-order valence-electron chi connectivity index (χ4n) is 4.91. The molecule has 0 bridgehead atoms. The van der Waals surface area contributed by atoms with E-state index in [0.29, 0.717) is 24.2 Å². The third-order valence-electron chi connectivity index (χ3n) is 6.97. The van der Waals surface area contributed by atoms with Crippen molar-refractivity contribution >= 4 is 16.7 Å². The van der Waals surface area contributed by atoms with Gasteiger partial charge in [0.05, 0.1) is 0 Å². The molecule has 0 aliphatic carbocycles. The Bertz CT molecular complexity index is 1070. The van der Waals surface area contributed by atoms with Crippen molar-refractivity contribution in [2.75, 3.05) is 20.1 Å². The predicted molar refractivity (Wildman–Crippen MR) is 130 cm³/mol. The number of hydrogen-bond acceptors (Lipinski definition) is 2. The van der Waals surface area contributed by atoms with Crippen molar-refractivity contribution in [1.82, 2.24) is 9.88 Å². The fourth-order valence-corrected chi connectivity index (χ4v) is 4.91. The van der Waals surface area contributed by atoms with Crippen molar-refractivity contribution in [3.8, 4) is 0 Å². The maximum atomic E-state index is 13.3. The first-order valence-electron chi connectivity index (χ1n) is 11.8. The number of carbonyl (C=O) groups is 1.